The van der Waals surface area contributed by atoms with E-state index in [-0.39, 0.29) is 5.41 Å². The Balaban J connectivity index is 2.21. The molecule has 0 fully saturated rings. The second-order valence-electron chi connectivity index (χ2n) is 6.27. The standard InChI is InChI=1S/C25H20/c1-3-12-19(4-2)25(20-13-6-5-7-14-20)23-17-10-8-15-21(23)22-16-9-11-18-24(22)25/h3-18H,1-2H2/b19-12+. The Bertz CT molecular complexity index is 928. The molecule has 0 aliphatic heterocycles. The lowest BCUT2D eigenvalue weighted by Gasteiger charge is -2.34. The summed E-state index contributed by atoms with van der Waals surface area (Å²) >= 11 is 0. The van der Waals surface area contributed by atoms with E-state index in [1.165, 1.54) is 27.8 Å². The van der Waals surface area contributed by atoms with Crippen LogP contribution in [0.1, 0.15) is 16.7 Å². The van der Waals surface area contributed by atoms with Gasteiger partial charge in [-0.3, -0.25) is 0 Å². The summed E-state index contributed by atoms with van der Waals surface area (Å²) in [5.41, 5.74) is 7.22. The summed E-state index contributed by atoms with van der Waals surface area (Å²) in [6, 6.07) is 28.1. The topological polar surface area (TPSA) is 0 Å². The molecule has 0 heteroatoms. The molecule has 0 aromatic heterocycles. The van der Waals surface area contributed by atoms with Crippen LogP contribution in [0.3, 0.4) is 0 Å². The third kappa shape index (κ3) is 2.08. The summed E-state index contributed by atoms with van der Waals surface area (Å²) in [5.74, 6) is 0. The van der Waals surface area contributed by atoms with Crippen molar-refractivity contribution in [1.82, 2.24) is 0 Å². The molecule has 3 aromatic rings. The minimum Gasteiger partial charge on any atom is -0.0991 e. The van der Waals surface area contributed by atoms with Crippen molar-refractivity contribution in [3.05, 3.63) is 133 Å². The molecule has 1 aliphatic carbocycles. The van der Waals surface area contributed by atoms with Crippen molar-refractivity contribution in [2.75, 3.05) is 0 Å². The van der Waals surface area contributed by atoms with Crippen molar-refractivity contribution in [3.8, 4) is 11.1 Å². The van der Waals surface area contributed by atoms with Crippen molar-refractivity contribution in [1.29, 1.82) is 0 Å². The highest BCUT2D eigenvalue weighted by Gasteiger charge is 2.45. The lowest BCUT2D eigenvalue weighted by molar-refractivity contribution is 0.767. The molecule has 0 saturated heterocycles. The highest BCUT2D eigenvalue weighted by atomic mass is 14.5. The first-order valence-electron chi connectivity index (χ1n) is 8.54. The van der Waals surface area contributed by atoms with Gasteiger partial charge in [0, 0.05) is 0 Å². The minimum absolute atomic E-state index is 0.357. The Labute approximate surface area is 149 Å². The molecule has 0 spiro atoms. The van der Waals surface area contributed by atoms with E-state index in [4.69, 9.17) is 0 Å². The Morgan fingerprint density at radius 3 is 1.72 bits per heavy atom. The first-order valence-corrected chi connectivity index (χ1v) is 8.54. The number of allylic oxidation sites excluding steroid dienone is 4. The molecule has 0 nitrogen and oxygen atoms in total. The van der Waals surface area contributed by atoms with E-state index in [1.807, 2.05) is 12.2 Å². The Morgan fingerprint density at radius 2 is 1.20 bits per heavy atom. The van der Waals surface area contributed by atoms with E-state index in [0.29, 0.717) is 0 Å². The van der Waals surface area contributed by atoms with Gasteiger partial charge in [0.1, 0.15) is 0 Å². The highest BCUT2D eigenvalue weighted by Crippen LogP contribution is 2.56. The molecule has 0 heterocycles. The second kappa shape index (κ2) is 6.07. The summed E-state index contributed by atoms with van der Waals surface area (Å²) in [4.78, 5) is 0. The SMILES string of the molecule is C=C/C=C(\C=C)C1(c2ccccc2)c2ccccc2-c2ccccc21. The van der Waals surface area contributed by atoms with Crippen LogP contribution in [0.25, 0.3) is 11.1 Å². The van der Waals surface area contributed by atoms with E-state index in [2.05, 4.69) is 98.1 Å². The number of fused-ring (bicyclic) bond motifs is 3. The summed E-state index contributed by atoms with van der Waals surface area (Å²) < 4.78 is 0. The fraction of sp³-hybridized carbons (Fsp3) is 0.0400. The molecule has 0 atom stereocenters. The molecule has 3 aromatic carbocycles. The van der Waals surface area contributed by atoms with Gasteiger partial charge in [-0.2, -0.15) is 0 Å². The van der Waals surface area contributed by atoms with E-state index in [0.717, 1.165) is 5.57 Å². The molecule has 0 N–H and O–H groups in total. The first-order chi connectivity index (χ1) is 12.3. The van der Waals surface area contributed by atoms with Gasteiger partial charge in [0.05, 0.1) is 5.41 Å². The average Bonchev–Trinajstić information content (AvgIpc) is 2.98. The maximum atomic E-state index is 4.12. The molecule has 4 rings (SSSR count). The zero-order valence-corrected chi connectivity index (χ0v) is 14.2. The Hall–Kier alpha value is -3.12. The van der Waals surface area contributed by atoms with Crippen LogP contribution in [0.4, 0.5) is 0 Å². The fourth-order valence-corrected chi connectivity index (χ4v) is 4.18. The zero-order valence-electron chi connectivity index (χ0n) is 14.2. The fourth-order valence-electron chi connectivity index (χ4n) is 4.18. The van der Waals surface area contributed by atoms with Crippen LogP contribution < -0.4 is 0 Å². The Morgan fingerprint density at radius 1 is 0.680 bits per heavy atom. The van der Waals surface area contributed by atoms with Gasteiger partial charge in [-0.15, -0.1) is 0 Å². The first kappa shape index (κ1) is 15.4. The molecule has 0 amide bonds. The van der Waals surface area contributed by atoms with Gasteiger partial charge in [0.2, 0.25) is 0 Å². The molecule has 0 radical (unpaired) electrons. The van der Waals surface area contributed by atoms with Crippen molar-refractivity contribution in [3.63, 3.8) is 0 Å². The highest BCUT2D eigenvalue weighted by molar-refractivity contribution is 5.86. The Kier molecular flexibility index (Phi) is 3.74. The summed E-state index contributed by atoms with van der Waals surface area (Å²) in [7, 11) is 0. The average molecular weight is 320 g/mol. The third-order valence-electron chi connectivity index (χ3n) is 5.11. The minimum atomic E-state index is -0.357. The van der Waals surface area contributed by atoms with Crippen LogP contribution in [0.2, 0.25) is 0 Å². The van der Waals surface area contributed by atoms with Crippen LogP contribution in [-0.4, -0.2) is 0 Å². The lowest BCUT2D eigenvalue weighted by Crippen LogP contribution is -2.28. The van der Waals surface area contributed by atoms with Crippen LogP contribution in [0.5, 0.6) is 0 Å². The van der Waals surface area contributed by atoms with E-state index in [1.54, 1.807) is 0 Å². The van der Waals surface area contributed by atoms with Crippen LogP contribution >= 0.6 is 0 Å². The molecule has 120 valence electrons. The lowest BCUT2D eigenvalue weighted by atomic mass is 9.67. The molecule has 0 bridgehead atoms. The normalized spacial score (nSPS) is 14.5. The van der Waals surface area contributed by atoms with Crippen molar-refractivity contribution < 1.29 is 0 Å². The van der Waals surface area contributed by atoms with E-state index in [9.17, 15) is 0 Å². The second-order valence-corrected chi connectivity index (χ2v) is 6.27. The summed E-state index contributed by atoms with van der Waals surface area (Å²) in [6.45, 7) is 8.06. The van der Waals surface area contributed by atoms with Gasteiger partial charge in [0.25, 0.3) is 0 Å². The van der Waals surface area contributed by atoms with Gasteiger partial charge < -0.3 is 0 Å². The largest absolute Gasteiger partial charge is 0.0991 e. The van der Waals surface area contributed by atoms with Gasteiger partial charge in [0.15, 0.2) is 0 Å². The maximum Gasteiger partial charge on any atom is 0.0713 e. The molecular weight excluding hydrogens is 300 g/mol. The number of hydrogen-bond acceptors (Lipinski definition) is 0. The van der Waals surface area contributed by atoms with Gasteiger partial charge in [-0.05, 0) is 33.4 Å². The molecule has 0 unspecified atom stereocenters. The summed E-state index contributed by atoms with van der Waals surface area (Å²) in [5, 5.41) is 0. The van der Waals surface area contributed by atoms with Crippen LogP contribution in [0.15, 0.2) is 116 Å². The number of hydrogen-bond donors (Lipinski definition) is 0. The van der Waals surface area contributed by atoms with E-state index >= 15 is 0 Å². The van der Waals surface area contributed by atoms with Crippen LogP contribution in [0, 0.1) is 0 Å². The van der Waals surface area contributed by atoms with Gasteiger partial charge >= 0.3 is 0 Å². The summed E-state index contributed by atoms with van der Waals surface area (Å²) in [6.07, 6.45) is 5.90. The van der Waals surface area contributed by atoms with E-state index < -0.39 is 0 Å². The molecule has 1 aliphatic rings. The van der Waals surface area contributed by atoms with Crippen molar-refractivity contribution >= 4 is 0 Å². The van der Waals surface area contributed by atoms with Crippen LogP contribution in [-0.2, 0) is 5.41 Å². The number of rotatable bonds is 4. The van der Waals surface area contributed by atoms with Gasteiger partial charge in [-0.25, -0.2) is 0 Å². The monoisotopic (exact) mass is 320 g/mol. The predicted molar refractivity (Wildman–Crippen MR) is 107 cm³/mol. The van der Waals surface area contributed by atoms with Crippen molar-refractivity contribution in [2.24, 2.45) is 0 Å². The quantitative estimate of drug-likeness (QED) is 0.495. The van der Waals surface area contributed by atoms with Gasteiger partial charge in [-0.1, -0.05) is 110 Å². The third-order valence-corrected chi connectivity index (χ3v) is 5.11. The molecular formula is C25H20. The maximum absolute atomic E-state index is 4.12. The van der Waals surface area contributed by atoms with Crippen molar-refractivity contribution in [2.45, 2.75) is 5.41 Å². The smallest absolute Gasteiger partial charge is 0.0713 e. The number of benzene rings is 3. The zero-order chi connectivity index (χ0) is 17.3. The predicted octanol–water partition coefficient (Wildman–Crippen LogP) is 6.30. The molecule has 25 heavy (non-hydrogen) atoms. The molecule has 0 saturated carbocycles.